The summed E-state index contributed by atoms with van der Waals surface area (Å²) in [5, 5.41) is 13.7. The van der Waals surface area contributed by atoms with Crippen LogP contribution in [0.2, 0.25) is 5.02 Å². The molecule has 2 aromatic rings. The number of nitrogens with zero attached hydrogens (tertiary/aromatic N) is 1. The summed E-state index contributed by atoms with van der Waals surface area (Å²) >= 11 is 5.92. The predicted octanol–water partition coefficient (Wildman–Crippen LogP) is 3.10. The number of pyridine rings is 1. The van der Waals surface area contributed by atoms with Crippen LogP contribution in [0.25, 0.3) is 0 Å². The molecule has 0 saturated carbocycles. The van der Waals surface area contributed by atoms with Gasteiger partial charge in [0.15, 0.2) is 5.60 Å². The lowest BCUT2D eigenvalue weighted by Crippen LogP contribution is -2.43. The first kappa shape index (κ1) is 17.4. The van der Waals surface area contributed by atoms with Gasteiger partial charge in [-0.25, -0.2) is 4.98 Å². The van der Waals surface area contributed by atoms with Gasteiger partial charge in [0, 0.05) is 23.3 Å². The molecule has 0 aliphatic heterocycles. The number of aryl methyl sites for hydroxylation is 1. The molecule has 1 aromatic heterocycles. The first-order chi connectivity index (χ1) is 10.9. The Labute approximate surface area is 139 Å². The molecule has 0 radical (unpaired) electrons. The van der Waals surface area contributed by atoms with Gasteiger partial charge in [0.05, 0.1) is 0 Å². The Kier molecular flexibility index (Phi) is 5.34. The van der Waals surface area contributed by atoms with Gasteiger partial charge >= 0.3 is 0 Å². The quantitative estimate of drug-likeness (QED) is 0.825. The molecule has 1 atom stereocenters. The fourth-order valence-corrected chi connectivity index (χ4v) is 2.49. The minimum atomic E-state index is -1.72. The van der Waals surface area contributed by atoms with Crippen molar-refractivity contribution in [2.24, 2.45) is 0 Å². The number of benzene rings is 1. The molecule has 1 amide bonds. The first-order valence-corrected chi connectivity index (χ1v) is 7.62. The molecule has 122 valence electrons. The van der Waals surface area contributed by atoms with Crippen molar-refractivity contribution in [2.75, 3.05) is 0 Å². The number of hydrogen-bond acceptors (Lipinski definition) is 3. The van der Waals surface area contributed by atoms with E-state index in [0.717, 1.165) is 5.56 Å². The summed E-state index contributed by atoms with van der Waals surface area (Å²) in [5.41, 5.74) is -0.273. The topological polar surface area (TPSA) is 62.2 Å². The monoisotopic (exact) mass is 336 g/mol. The van der Waals surface area contributed by atoms with Crippen LogP contribution in [0, 0.1) is 12.9 Å². The van der Waals surface area contributed by atoms with Crippen LogP contribution in [0.5, 0.6) is 0 Å². The number of carbonyl (C=O) groups is 1. The second kappa shape index (κ2) is 7.06. The minimum Gasteiger partial charge on any atom is -0.375 e. The van der Waals surface area contributed by atoms with Crippen molar-refractivity contribution in [3.8, 4) is 0 Å². The molecule has 0 unspecified atom stereocenters. The number of hydrogen-bond donors (Lipinski definition) is 2. The van der Waals surface area contributed by atoms with Crippen LogP contribution in [0.15, 0.2) is 36.5 Å². The molecule has 4 nitrogen and oxygen atoms in total. The number of nitrogens with one attached hydrogen (secondary N) is 1. The third kappa shape index (κ3) is 3.86. The van der Waals surface area contributed by atoms with Crippen LogP contribution in [0.4, 0.5) is 4.39 Å². The molecule has 1 heterocycles. The highest BCUT2D eigenvalue weighted by atomic mass is 35.5. The highest BCUT2D eigenvalue weighted by Crippen LogP contribution is 2.27. The van der Waals surface area contributed by atoms with Crippen LogP contribution in [-0.2, 0) is 16.9 Å². The maximum Gasteiger partial charge on any atom is 0.256 e. The molecule has 0 fully saturated rings. The Balaban J connectivity index is 2.18. The Hall–Kier alpha value is -1.98. The van der Waals surface area contributed by atoms with E-state index >= 15 is 0 Å². The molecular weight excluding hydrogens is 319 g/mol. The van der Waals surface area contributed by atoms with E-state index in [2.05, 4.69) is 10.3 Å². The lowest BCUT2D eigenvalue weighted by molar-refractivity contribution is -0.141. The smallest absolute Gasteiger partial charge is 0.256 e. The van der Waals surface area contributed by atoms with Crippen molar-refractivity contribution in [1.82, 2.24) is 10.3 Å². The van der Waals surface area contributed by atoms with E-state index in [0.29, 0.717) is 10.6 Å². The number of aliphatic hydroxyl groups is 1. The lowest BCUT2D eigenvalue weighted by Gasteiger charge is -2.26. The summed E-state index contributed by atoms with van der Waals surface area (Å²) < 4.78 is 13.6. The molecular formula is C17H18ClFN2O2. The van der Waals surface area contributed by atoms with Crippen molar-refractivity contribution >= 4 is 17.5 Å². The van der Waals surface area contributed by atoms with Crippen LogP contribution in [0.3, 0.4) is 0 Å². The van der Waals surface area contributed by atoms with Crippen LogP contribution >= 0.6 is 11.6 Å². The van der Waals surface area contributed by atoms with Crippen molar-refractivity contribution < 1.29 is 14.3 Å². The SMILES string of the molecule is CC[C@](O)(C(=O)NCc1cc(C)cnc1F)c1cccc(Cl)c1. The molecule has 0 bridgehead atoms. The summed E-state index contributed by atoms with van der Waals surface area (Å²) in [4.78, 5) is 16.0. The van der Waals surface area contributed by atoms with Gasteiger partial charge in [0.1, 0.15) is 0 Å². The molecule has 6 heteroatoms. The summed E-state index contributed by atoms with van der Waals surface area (Å²) in [7, 11) is 0. The van der Waals surface area contributed by atoms with Crippen LogP contribution < -0.4 is 5.32 Å². The zero-order valence-corrected chi connectivity index (χ0v) is 13.7. The number of amides is 1. The van der Waals surface area contributed by atoms with Crippen LogP contribution in [0.1, 0.15) is 30.0 Å². The number of rotatable bonds is 5. The van der Waals surface area contributed by atoms with E-state index in [1.807, 2.05) is 0 Å². The fraction of sp³-hybridized carbons (Fsp3) is 0.294. The van der Waals surface area contributed by atoms with E-state index in [1.54, 1.807) is 44.2 Å². The lowest BCUT2D eigenvalue weighted by atomic mass is 9.90. The molecule has 2 rings (SSSR count). The summed E-state index contributed by atoms with van der Waals surface area (Å²) in [6.45, 7) is 3.42. The number of carbonyl (C=O) groups excluding carboxylic acids is 1. The summed E-state index contributed by atoms with van der Waals surface area (Å²) in [6, 6.07) is 8.10. The van der Waals surface area contributed by atoms with E-state index < -0.39 is 17.5 Å². The summed E-state index contributed by atoms with van der Waals surface area (Å²) in [6.07, 6.45) is 1.57. The van der Waals surface area contributed by atoms with Gasteiger partial charge in [0.2, 0.25) is 5.95 Å². The highest BCUT2D eigenvalue weighted by Gasteiger charge is 2.36. The molecule has 2 N–H and O–H groups in total. The third-order valence-electron chi connectivity index (χ3n) is 3.68. The maximum absolute atomic E-state index is 13.6. The second-order valence-electron chi connectivity index (χ2n) is 5.37. The Morgan fingerprint density at radius 1 is 1.43 bits per heavy atom. The van der Waals surface area contributed by atoms with Crippen LogP contribution in [-0.4, -0.2) is 16.0 Å². The van der Waals surface area contributed by atoms with Gasteiger partial charge in [0.25, 0.3) is 5.91 Å². The van der Waals surface area contributed by atoms with Gasteiger partial charge in [-0.3, -0.25) is 4.79 Å². The Morgan fingerprint density at radius 3 is 2.83 bits per heavy atom. The Morgan fingerprint density at radius 2 is 2.17 bits per heavy atom. The van der Waals surface area contributed by atoms with E-state index in [4.69, 9.17) is 11.6 Å². The molecule has 0 aliphatic rings. The number of halogens is 2. The zero-order valence-electron chi connectivity index (χ0n) is 12.9. The largest absolute Gasteiger partial charge is 0.375 e. The molecule has 0 spiro atoms. The van der Waals surface area contributed by atoms with Crippen molar-refractivity contribution in [1.29, 1.82) is 0 Å². The van der Waals surface area contributed by atoms with Gasteiger partial charge < -0.3 is 10.4 Å². The maximum atomic E-state index is 13.6. The highest BCUT2D eigenvalue weighted by molar-refractivity contribution is 6.30. The van der Waals surface area contributed by atoms with Gasteiger partial charge in [-0.2, -0.15) is 4.39 Å². The van der Waals surface area contributed by atoms with E-state index in [9.17, 15) is 14.3 Å². The van der Waals surface area contributed by atoms with Gasteiger partial charge in [-0.1, -0.05) is 30.7 Å². The molecule has 1 aromatic carbocycles. The average Bonchev–Trinajstić information content (AvgIpc) is 2.54. The fourth-order valence-electron chi connectivity index (χ4n) is 2.30. The molecule has 0 saturated heterocycles. The first-order valence-electron chi connectivity index (χ1n) is 7.24. The number of aromatic nitrogens is 1. The van der Waals surface area contributed by atoms with Gasteiger partial charge in [-0.05, 0) is 42.7 Å². The third-order valence-corrected chi connectivity index (χ3v) is 3.91. The minimum absolute atomic E-state index is 0.0534. The van der Waals surface area contributed by atoms with Crippen molar-refractivity contribution in [3.63, 3.8) is 0 Å². The predicted molar refractivity (Wildman–Crippen MR) is 86.4 cm³/mol. The van der Waals surface area contributed by atoms with Gasteiger partial charge in [-0.15, -0.1) is 0 Å². The molecule has 23 heavy (non-hydrogen) atoms. The second-order valence-corrected chi connectivity index (χ2v) is 5.81. The van der Waals surface area contributed by atoms with Crippen molar-refractivity contribution in [2.45, 2.75) is 32.4 Å². The Bertz CT molecular complexity index is 723. The zero-order chi connectivity index (χ0) is 17.0. The van der Waals surface area contributed by atoms with E-state index in [-0.39, 0.29) is 18.5 Å². The summed E-state index contributed by atoms with van der Waals surface area (Å²) in [5.74, 6) is -1.25. The average molecular weight is 337 g/mol. The standard InChI is InChI=1S/C17H18ClFN2O2/c1-3-17(23,13-5-4-6-14(18)8-13)16(22)21-10-12-7-11(2)9-20-15(12)19/h4-9,23H,3,10H2,1-2H3,(H,21,22)/t17-/m1/s1. The van der Waals surface area contributed by atoms with Crippen molar-refractivity contribution in [3.05, 3.63) is 64.2 Å². The normalized spacial score (nSPS) is 13.4. The molecule has 0 aliphatic carbocycles. The van der Waals surface area contributed by atoms with E-state index in [1.165, 1.54) is 6.20 Å².